The van der Waals surface area contributed by atoms with Crippen molar-refractivity contribution in [1.82, 2.24) is 35.5 Å². The lowest BCUT2D eigenvalue weighted by atomic mass is 10.0. The molecule has 0 radical (unpaired) electrons. The predicted molar refractivity (Wildman–Crippen MR) is 192 cm³/mol. The van der Waals surface area contributed by atoms with Gasteiger partial charge < -0.3 is 35.8 Å². The second kappa shape index (κ2) is 14.7. The minimum Gasteiger partial charge on any atom is -0.465 e. The van der Waals surface area contributed by atoms with Crippen molar-refractivity contribution in [2.45, 2.75) is 71.6 Å². The zero-order valence-electron chi connectivity index (χ0n) is 29.1. The Labute approximate surface area is 291 Å². The molecule has 0 saturated carbocycles. The van der Waals surface area contributed by atoms with Crippen LogP contribution in [0.5, 0.6) is 0 Å². The minimum atomic E-state index is -1.21. The molecular weight excluding hydrogens is 634 g/mol. The summed E-state index contributed by atoms with van der Waals surface area (Å²) < 4.78 is 0. The van der Waals surface area contributed by atoms with Gasteiger partial charge in [0, 0.05) is 43.5 Å². The maximum Gasteiger partial charge on any atom is 0.405 e. The van der Waals surface area contributed by atoms with Gasteiger partial charge in [0.25, 0.3) is 5.91 Å². The Balaban J connectivity index is 1.10. The van der Waals surface area contributed by atoms with E-state index in [4.69, 9.17) is 4.98 Å². The number of aromatic amines is 1. The summed E-state index contributed by atoms with van der Waals surface area (Å²) >= 11 is 0. The van der Waals surface area contributed by atoms with E-state index in [-0.39, 0.29) is 23.8 Å². The third-order valence-corrected chi connectivity index (χ3v) is 9.55. The molecule has 262 valence electrons. The van der Waals surface area contributed by atoms with Gasteiger partial charge in [0.1, 0.15) is 17.7 Å². The molecule has 0 unspecified atom stereocenters. The second-order valence-corrected chi connectivity index (χ2v) is 13.6. The van der Waals surface area contributed by atoms with Crippen LogP contribution in [0.25, 0.3) is 22.5 Å². The van der Waals surface area contributed by atoms with Crippen molar-refractivity contribution in [3.63, 3.8) is 0 Å². The topological polar surface area (TPSA) is 168 Å². The number of carbonyl (C=O) groups is 3. The van der Waals surface area contributed by atoms with Crippen molar-refractivity contribution in [2.75, 3.05) is 29.9 Å². The Morgan fingerprint density at radius 2 is 1.74 bits per heavy atom. The molecule has 5 N–H and O–H groups in total. The number of carbonyl (C=O) groups excluding carboxylic acids is 2. The van der Waals surface area contributed by atoms with Gasteiger partial charge in [0.15, 0.2) is 0 Å². The molecule has 0 aliphatic carbocycles. The van der Waals surface area contributed by atoms with Crippen LogP contribution >= 0.6 is 0 Å². The normalized spacial score (nSPS) is 19.8. The van der Waals surface area contributed by atoms with Crippen LogP contribution in [-0.2, 0) is 4.79 Å². The van der Waals surface area contributed by atoms with Gasteiger partial charge in [-0.05, 0) is 69.4 Å². The number of hydrogen-bond donors (Lipinski definition) is 5. The average Bonchev–Trinajstić information content (AvgIpc) is 3.79. The number of H-pyrrole nitrogens is 1. The third kappa shape index (κ3) is 7.47. The summed E-state index contributed by atoms with van der Waals surface area (Å²) in [6, 6.07) is 15.0. The molecule has 4 aromatic rings. The number of hydrogen-bond acceptors (Lipinski definition) is 8. The third-order valence-electron chi connectivity index (χ3n) is 9.55. The molecule has 3 aromatic heterocycles. The fourth-order valence-electron chi connectivity index (χ4n) is 6.69. The molecule has 13 nitrogen and oxygen atoms in total. The second-order valence-electron chi connectivity index (χ2n) is 13.6. The van der Waals surface area contributed by atoms with E-state index in [2.05, 4.69) is 49.6 Å². The Bertz CT molecular complexity index is 1840. The lowest BCUT2D eigenvalue weighted by Gasteiger charge is -2.38. The number of nitrogens with one attached hydrogen (secondary N) is 4. The Morgan fingerprint density at radius 3 is 2.42 bits per heavy atom. The van der Waals surface area contributed by atoms with Crippen LogP contribution in [0.15, 0.2) is 60.9 Å². The van der Waals surface area contributed by atoms with Crippen molar-refractivity contribution in [2.24, 2.45) is 5.92 Å². The summed E-state index contributed by atoms with van der Waals surface area (Å²) in [5.74, 6) is 0.882. The van der Waals surface area contributed by atoms with Crippen molar-refractivity contribution >= 4 is 29.4 Å². The number of pyridine rings is 2. The van der Waals surface area contributed by atoms with Gasteiger partial charge in [0.2, 0.25) is 5.91 Å². The van der Waals surface area contributed by atoms with Crippen molar-refractivity contribution < 1.29 is 19.5 Å². The molecule has 2 aliphatic rings. The maximum absolute atomic E-state index is 13.3. The van der Waals surface area contributed by atoms with E-state index in [0.29, 0.717) is 41.4 Å². The highest BCUT2D eigenvalue weighted by Crippen LogP contribution is 2.33. The summed E-state index contributed by atoms with van der Waals surface area (Å²) in [7, 11) is 0. The molecular formula is C37H45N9O4. The van der Waals surface area contributed by atoms with Crippen LogP contribution in [0, 0.1) is 12.8 Å². The van der Waals surface area contributed by atoms with Crippen LogP contribution in [-0.4, -0.2) is 85.6 Å². The summed E-state index contributed by atoms with van der Waals surface area (Å²) in [5, 5.41) is 18.1. The molecule has 3 amide bonds. The maximum atomic E-state index is 13.3. The van der Waals surface area contributed by atoms with E-state index < -0.39 is 12.1 Å². The molecule has 2 fully saturated rings. The lowest BCUT2D eigenvalue weighted by molar-refractivity contribution is -0.135. The van der Waals surface area contributed by atoms with Crippen molar-refractivity contribution in [1.29, 1.82) is 0 Å². The number of aryl methyl sites for hydroxylation is 1. The van der Waals surface area contributed by atoms with Gasteiger partial charge in [0.05, 0.1) is 40.6 Å². The standard InChI is InChI=1S/C37H45N9O4/c1-21(2)33(44-37(49)50)36(48)45-16-6-7-31(45)34-40-19-30(42-34)26-10-8-25(9-11-26)29-14-13-28(24(5)41-29)43-35(47)27-12-15-32(39-18-27)46-20-22(3)38-17-23(46)4/h8-15,18-19,21-23,31,33,38,44H,6-7,16-17,20H2,1-5H3,(H,40,42)(H,43,47)(H,49,50)/t22-,23+,31-,33-/m0/s1. The number of nitrogens with zero attached hydrogens (tertiary/aromatic N) is 5. The van der Waals surface area contributed by atoms with E-state index in [1.165, 1.54) is 0 Å². The van der Waals surface area contributed by atoms with E-state index in [1.807, 2.05) is 69.3 Å². The van der Waals surface area contributed by atoms with Gasteiger partial charge in [-0.2, -0.15) is 0 Å². The van der Waals surface area contributed by atoms with Gasteiger partial charge in [-0.1, -0.05) is 38.1 Å². The highest BCUT2D eigenvalue weighted by Gasteiger charge is 2.37. The molecule has 4 atom stereocenters. The van der Waals surface area contributed by atoms with Crippen molar-refractivity contribution in [3.8, 4) is 22.5 Å². The number of anilines is 2. The molecule has 0 bridgehead atoms. The SMILES string of the molecule is Cc1nc(-c2ccc(-c3cnc([C@@H]4CCCN4C(=O)[C@@H](NC(=O)O)C(C)C)[nH]3)cc2)ccc1NC(=O)c1ccc(N2C[C@H](C)NC[C@H]2C)nc1. The largest absolute Gasteiger partial charge is 0.465 e. The fourth-order valence-corrected chi connectivity index (χ4v) is 6.69. The van der Waals surface area contributed by atoms with Crippen LogP contribution in [0.3, 0.4) is 0 Å². The Kier molecular flexibility index (Phi) is 10.1. The molecule has 0 spiro atoms. The number of piperazine rings is 1. The summed E-state index contributed by atoms with van der Waals surface area (Å²) in [6.07, 6.45) is 3.73. The molecule has 6 rings (SSSR count). The molecule has 2 saturated heterocycles. The summed E-state index contributed by atoms with van der Waals surface area (Å²) in [4.78, 5) is 59.1. The number of likely N-dealkylation sites (tertiary alicyclic amines) is 1. The highest BCUT2D eigenvalue weighted by atomic mass is 16.4. The smallest absolute Gasteiger partial charge is 0.405 e. The van der Waals surface area contributed by atoms with Crippen LogP contribution in [0.2, 0.25) is 0 Å². The van der Waals surface area contributed by atoms with Crippen molar-refractivity contribution in [3.05, 3.63) is 78.0 Å². The van der Waals surface area contributed by atoms with Gasteiger partial charge in [-0.3, -0.25) is 14.6 Å². The predicted octanol–water partition coefficient (Wildman–Crippen LogP) is 5.24. The van der Waals surface area contributed by atoms with Gasteiger partial charge >= 0.3 is 6.09 Å². The van der Waals surface area contributed by atoms with Crippen LogP contribution in [0.4, 0.5) is 16.3 Å². The monoisotopic (exact) mass is 679 g/mol. The van der Waals surface area contributed by atoms with Gasteiger partial charge in [-0.15, -0.1) is 0 Å². The van der Waals surface area contributed by atoms with E-state index >= 15 is 0 Å². The summed E-state index contributed by atoms with van der Waals surface area (Å²) in [5.41, 5.74) is 5.25. The number of imidazole rings is 1. The fraction of sp³-hybridized carbons (Fsp3) is 0.405. The molecule has 5 heterocycles. The minimum absolute atomic E-state index is 0.185. The molecule has 2 aliphatic heterocycles. The number of benzene rings is 1. The zero-order valence-corrected chi connectivity index (χ0v) is 29.1. The van der Waals surface area contributed by atoms with Crippen LogP contribution < -0.4 is 20.9 Å². The average molecular weight is 680 g/mol. The van der Waals surface area contributed by atoms with E-state index in [0.717, 1.165) is 54.3 Å². The first-order valence-corrected chi connectivity index (χ1v) is 17.2. The highest BCUT2D eigenvalue weighted by molar-refractivity contribution is 6.04. The Morgan fingerprint density at radius 1 is 0.980 bits per heavy atom. The molecule has 13 heteroatoms. The number of amides is 3. The number of aromatic nitrogens is 4. The quantitative estimate of drug-likeness (QED) is 0.159. The molecule has 50 heavy (non-hydrogen) atoms. The number of carboxylic acid groups (broad SMARTS) is 1. The van der Waals surface area contributed by atoms with Gasteiger partial charge in [-0.25, -0.2) is 14.8 Å². The van der Waals surface area contributed by atoms with Crippen LogP contribution in [0.1, 0.15) is 68.5 Å². The first-order valence-electron chi connectivity index (χ1n) is 17.2. The lowest BCUT2D eigenvalue weighted by Crippen LogP contribution is -2.54. The first-order chi connectivity index (χ1) is 24.0. The van der Waals surface area contributed by atoms with E-state index in [9.17, 15) is 19.5 Å². The number of rotatable bonds is 9. The Hall–Kier alpha value is -5.30. The molecule has 1 aromatic carbocycles. The summed E-state index contributed by atoms with van der Waals surface area (Å²) in [6.45, 7) is 12.1. The first kappa shape index (κ1) is 34.6. The van der Waals surface area contributed by atoms with E-state index in [1.54, 1.807) is 17.3 Å². The zero-order chi connectivity index (χ0) is 35.5.